The third-order valence-electron chi connectivity index (χ3n) is 5.73. The summed E-state index contributed by atoms with van der Waals surface area (Å²) in [7, 11) is 1.88. The first kappa shape index (κ1) is 16.5. The zero-order valence-corrected chi connectivity index (χ0v) is 15.2. The second-order valence-electron chi connectivity index (χ2n) is 8.26. The minimum atomic E-state index is -0.0753. The first-order valence-electron chi connectivity index (χ1n) is 8.88. The number of methoxy groups -OCH3 is 1. The molecule has 0 fully saturated rings. The van der Waals surface area contributed by atoms with Crippen LogP contribution in [-0.4, -0.2) is 12.7 Å². The molecule has 0 aromatic heterocycles. The van der Waals surface area contributed by atoms with Crippen LogP contribution < -0.4 is 0 Å². The number of allylic oxidation sites excluding steroid dienone is 2. The van der Waals surface area contributed by atoms with Gasteiger partial charge in [0, 0.05) is 18.4 Å². The van der Waals surface area contributed by atoms with Gasteiger partial charge in [-0.15, -0.1) is 0 Å². The summed E-state index contributed by atoms with van der Waals surface area (Å²) in [5.74, 6) is 1.11. The second-order valence-corrected chi connectivity index (χ2v) is 8.26. The van der Waals surface area contributed by atoms with Gasteiger partial charge in [-0.2, -0.15) is 0 Å². The topological polar surface area (TPSA) is 9.23 Å². The van der Waals surface area contributed by atoms with E-state index in [0.717, 1.165) is 12.8 Å². The molecule has 3 atom stereocenters. The summed E-state index contributed by atoms with van der Waals surface area (Å²) < 4.78 is 6.01. The number of ether oxygens (including phenoxy) is 1. The molecule has 0 radical (unpaired) electrons. The molecule has 124 valence electrons. The predicted molar refractivity (Wildman–Crippen MR) is 97.4 cm³/mol. The number of fused-ring (bicyclic) bond motifs is 1. The van der Waals surface area contributed by atoms with Gasteiger partial charge in [0.15, 0.2) is 0 Å². The van der Waals surface area contributed by atoms with Crippen LogP contribution in [0.3, 0.4) is 0 Å². The standard InChI is InChI=1S/C22H30O/c1-16(2)11-19-13-20-18(12-17-9-7-6-8-10-17)14-21(19,3)15-22(20,4)23-5/h6-10,13-14,16,20H,11-12,15H2,1-5H3/t20-,21+,22-/m0/s1. The van der Waals surface area contributed by atoms with Crippen molar-refractivity contribution in [3.8, 4) is 0 Å². The van der Waals surface area contributed by atoms with Crippen LogP contribution in [0, 0.1) is 17.3 Å². The lowest BCUT2D eigenvalue weighted by molar-refractivity contribution is -0.0566. The average Bonchev–Trinajstić information content (AvgIpc) is 2.49. The fourth-order valence-corrected chi connectivity index (χ4v) is 4.60. The van der Waals surface area contributed by atoms with Crippen LogP contribution in [0.5, 0.6) is 0 Å². The smallest absolute Gasteiger partial charge is 0.0761 e. The third kappa shape index (κ3) is 3.04. The van der Waals surface area contributed by atoms with E-state index < -0.39 is 0 Å². The van der Waals surface area contributed by atoms with Crippen LogP contribution in [0.1, 0.15) is 46.1 Å². The van der Waals surface area contributed by atoms with Crippen molar-refractivity contribution in [3.63, 3.8) is 0 Å². The molecule has 1 aromatic carbocycles. The molecular weight excluding hydrogens is 280 g/mol. The van der Waals surface area contributed by atoms with Crippen molar-refractivity contribution in [3.05, 3.63) is 59.2 Å². The Morgan fingerprint density at radius 1 is 1.17 bits per heavy atom. The minimum absolute atomic E-state index is 0.0753. The lowest BCUT2D eigenvalue weighted by Crippen LogP contribution is -2.49. The predicted octanol–water partition coefficient (Wildman–Crippen LogP) is 5.57. The molecule has 0 spiro atoms. The Kier molecular flexibility index (Phi) is 4.27. The highest BCUT2D eigenvalue weighted by molar-refractivity contribution is 5.43. The lowest BCUT2D eigenvalue weighted by atomic mass is 9.55. The maximum absolute atomic E-state index is 6.01. The Morgan fingerprint density at radius 3 is 2.43 bits per heavy atom. The van der Waals surface area contributed by atoms with E-state index in [9.17, 15) is 0 Å². The van der Waals surface area contributed by atoms with Crippen molar-refractivity contribution < 1.29 is 4.74 Å². The molecule has 23 heavy (non-hydrogen) atoms. The molecule has 3 aliphatic carbocycles. The van der Waals surface area contributed by atoms with E-state index in [2.05, 4.69) is 70.2 Å². The van der Waals surface area contributed by atoms with Crippen molar-refractivity contribution in [2.45, 2.75) is 52.6 Å². The minimum Gasteiger partial charge on any atom is -0.378 e. The fourth-order valence-electron chi connectivity index (χ4n) is 4.60. The van der Waals surface area contributed by atoms with Crippen LogP contribution in [0.2, 0.25) is 0 Å². The Balaban J connectivity index is 1.95. The Labute approximate surface area is 141 Å². The van der Waals surface area contributed by atoms with Gasteiger partial charge in [-0.05, 0) is 37.7 Å². The lowest BCUT2D eigenvalue weighted by Gasteiger charge is -2.53. The molecular formula is C22H30O. The quantitative estimate of drug-likeness (QED) is 0.646. The first-order chi connectivity index (χ1) is 10.9. The molecule has 0 heterocycles. The van der Waals surface area contributed by atoms with Crippen LogP contribution in [0.25, 0.3) is 0 Å². The Hall–Kier alpha value is -1.34. The molecule has 0 amide bonds. The SMILES string of the molecule is CO[C@@]1(C)C[C@@]2(C)C=C(Cc3ccccc3)[C@@H]1C=C2CC(C)C. The van der Waals surface area contributed by atoms with Gasteiger partial charge in [-0.25, -0.2) is 0 Å². The monoisotopic (exact) mass is 310 g/mol. The molecule has 4 rings (SSSR count). The van der Waals surface area contributed by atoms with E-state index in [1.54, 1.807) is 5.57 Å². The highest BCUT2D eigenvalue weighted by atomic mass is 16.5. The molecule has 1 nitrogen and oxygen atoms in total. The fraction of sp³-hybridized carbons (Fsp3) is 0.545. The molecule has 0 saturated heterocycles. The number of benzene rings is 1. The summed E-state index contributed by atoms with van der Waals surface area (Å²) in [6.45, 7) is 9.32. The molecule has 0 saturated carbocycles. The average molecular weight is 310 g/mol. The summed E-state index contributed by atoms with van der Waals surface area (Å²) in [5, 5.41) is 0. The van der Waals surface area contributed by atoms with Crippen LogP contribution >= 0.6 is 0 Å². The largest absolute Gasteiger partial charge is 0.378 e. The number of rotatable bonds is 5. The summed E-state index contributed by atoms with van der Waals surface area (Å²) in [6, 6.07) is 10.8. The Morgan fingerprint density at radius 2 is 1.87 bits per heavy atom. The maximum atomic E-state index is 6.01. The zero-order valence-electron chi connectivity index (χ0n) is 15.2. The van der Waals surface area contributed by atoms with Gasteiger partial charge in [-0.1, -0.05) is 74.4 Å². The molecule has 0 unspecified atom stereocenters. The van der Waals surface area contributed by atoms with E-state index in [4.69, 9.17) is 4.74 Å². The number of hydrogen-bond acceptors (Lipinski definition) is 1. The van der Waals surface area contributed by atoms with Crippen molar-refractivity contribution >= 4 is 0 Å². The van der Waals surface area contributed by atoms with Crippen molar-refractivity contribution in [2.24, 2.45) is 17.3 Å². The van der Waals surface area contributed by atoms with Crippen LogP contribution in [-0.2, 0) is 11.2 Å². The Bertz CT molecular complexity index is 625. The van der Waals surface area contributed by atoms with Crippen molar-refractivity contribution in [2.75, 3.05) is 7.11 Å². The summed E-state index contributed by atoms with van der Waals surface area (Å²) in [6.07, 6.45) is 8.42. The van der Waals surface area contributed by atoms with Gasteiger partial charge in [0.25, 0.3) is 0 Å². The normalized spacial score (nSPS) is 32.9. The molecule has 2 bridgehead atoms. The van der Waals surface area contributed by atoms with E-state index in [-0.39, 0.29) is 11.0 Å². The third-order valence-corrected chi connectivity index (χ3v) is 5.73. The molecule has 3 aliphatic rings. The van der Waals surface area contributed by atoms with Gasteiger partial charge >= 0.3 is 0 Å². The van der Waals surface area contributed by atoms with E-state index in [1.165, 1.54) is 17.6 Å². The van der Waals surface area contributed by atoms with E-state index in [0.29, 0.717) is 11.8 Å². The highest BCUT2D eigenvalue weighted by Crippen LogP contribution is 2.56. The van der Waals surface area contributed by atoms with Crippen LogP contribution in [0.4, 0.5) is 0 Å². The van der Waals surface area contributed by atoms with Gasteiger partial charge in [0.2, 0.25) is 0 Å². The van der Waals surface area contributed by atoms with Crippen molar-refractivity contribution in [1.82, 2.24) is 0 Å². The van der Waals surface area contributed by atoms with Gasteiger partial charge in [0.1, 0.15) is 0 Å². The summed E-state index contributed by atoms with van der Waals surface area (Å²) in [5.41, 5.74) is 4.61. The van der Waals surface area contributed by atoms with Crippen molar-refractivity contribution in [1.29, 1.82) is 0 Å². The van der Waals surface area contributed by atoms with E-state index in [1.807, 2.05) is 7.11 Å². The van der Waals surface area contributed by atoms with Gasteiger partial charge in [0.05, 0.1) is 5.60 Å². The zero-order chi connectivity index (χ0) is 16.7. The maximum Gasteiger partial charge on any atom is 0.0761 e. The molecule has 0 aliphatic heterocycles. The molecule has 0 N–H and O–H groups in total. The first-order valence-corrected chi connectivity index (χ1v) is 8.88. The molecule has 1 heteroatoms. The van der Waals surface area contributed by atoms with Gasteiger partial charge < -0.3 is 4.74 Å². The second kappa shape index (κ2) is 5.94. The summed E-state index contributed by atoms with van der Waals surface area (Å²) in [4.78, 5) is 0. The number of hydrogen-bond donors (Lipinski definition) is 0. The van der Waals surface area contributed by atoms with Gasteiger partial charge in [-0.3, -0.25) is 0 Å². The van der Waals surface area contributed by atoms with E-state index >= 15 is 0 Å². The summed E-state index contributed by atoms with van der Waals surface area (Å²) >= 11 is 0. The molecule has 1 aromatic rings. The highest BCUT2D eigenvalue weighted by Gasteiger charge is 2.50. The van der Waals surface area contributed by atoms with Crippen LogP contribution in [0.15, 0.2) is 53.6 Å².